The van der Waals surface area contributed by atoms with Crippen LogP contribution >= 0.6 is 0 Å². The monoisotopic (exact) mass is 195 g/mol. The van der Waals surface area contributed by atoms with E-state index in [4.69, 9.17) is 14.7 Å². The Morgan fingerprint density at radius 3 is 3.07 bits per heavy atom. The summed E-state index contributed by atoms with van der Waals surface area (Å²) in [5.74, 6) is 0.176. The molecule has 0 aliphatic carbocycles. The molecule has 1 rings (SSSR count). The van der Waals surface area contributed by atoms with Crippen LogP contribution in [0.5, 0.6) is 5.95 Å². The fraction of sp³-hybridized carbons (Fsp3) is 0.375. The lowest BCUT2D eigenvalue weighted by atomic mass is 10.3. The normalized spacial score (nSPS) is 9.29. The Hall–Kier alpha value is -1.94. The van der Waals surface area contributed by atoms with Crippen LogP contribution in [-0.2, 0) is 11.3 Å². The van der Waals surface area contributed by atoms with Crippen molar-refractivity contribution in [1.82, 2.24) is 0 Å². The minimum absolute atomic E-state index is 0.110. The average molecular weight is 195 g/mol. The van der Waals surface area contributed by atoms with Gasteiger partial charge in [-0.25, -0.2) is 0 Å². The van der Waals surface area contributed by atoms with Crippen LogP contribution in [0.4, 0.5) is 0 Å². The zero-order valence-electron chi connectivity index (χ0n) is 7.85. The summed E-state index contributed by atoms with van der Waals surface area (Å²) in [4.78, 5) is 13.2. The number of hydrogen-bond donors (Lipinski definition) is 0. The van der Waals surface area contributed by atoms with E-state index in [1.807, 2.05) is 0 Å². The fourth-order valence-corrected chi connectivity index (χ4v) is 0.941. The number of furan rings is 1. The first-order valence-electron chi connectivity index (χ1n) is 3.92. The highest BCUT2D eigenvalue weighted by Crippen LogP contribution is 2.23. The van der Waals surface area contributed by atoms with Gasteiger partial charge >= 0.3 is 5.97 Å². The van der Waals surface area contributed by atoms with Crippen molar-refractivity contribution in [3.05, 3.63) is 27.8 Å². The zero-order chi connectivity index (χ0) is 10.6. The molecule has 0 N–H and O–H groups in total. The van der Waals surface area contributed by atoms with Crippen LogP contribution in [0.2, 0.25) is 0 Å². The van der Waals surface area contributed by atoms with E-state index in [1.54, 1.807) is 13.0 Å². The summed E-state index contributed by atoms with van der Waals surface area (Å²) in [5.41, 5.74) is 8.78. The summed E-state index contributed by atoms with van der Waals surface area (Å²) >= 11 is 0. The summed E-state index contributed by atoms with van der Waals surface area (Å²) < 4.78 is 9.88. The van der Waals surface area contributed by atoms with Crippen molar-refractivity contribution in [3.63, 3.8) is 0 Å². The van der Waals surface area contributed by atoms with Crippen LogP contribution in [0.3, 0.4) is 0 Å². The number of azide groups is 1. The van der Waals surface area contributed by atoms with Gasteiger partial charge in [0.05, 0.1) is 6.54 Å². The zero-order valence-corrected chi connectivity index (χ0v) is 7.85. The lowest BCUT2D eigenvalue weighted by Crippen LogP contribution is -2.00. The standard InChI is InChI=1S/C8H9N3O3/c1-5-3-7(4-10-11-9)14-8(5)13-6(2)12/h3H,4H2,1-2H3. The lowest BCUT2D eigenvalue weighted by Gasteiger charge is -1.95. The molecule has 0 unspecified atom stereocenters. The molecule has 0 fully saturated rings. The largest absolute Gasteiger partial charge is 0.430 e. The van der Waals surface area contributed by atoms with Gasteiger partial charge in [0.15, 0.2) is 0 Å². The molecule has 0 amide bonds. The highest BCUT2D eigenvalue weighted by atomic mass is 16.6. The molecule has 0 bridgehead atoms. The first-order valence-corrected chi connectivity index (χ1v) is 3.92. The van der Waals surface area contributed by atoms with Crippen molar-refractivity contribution in [1.29, 1.82) is 0 Å². The quantitative estimate of drug-likeness (QED) is 0.321. The van der Waals surface area contributed by atoms with E-state index in [0.717, 1.165) is 0 Å². The minimum Gasteiger partial charge on any atom is -0.430 e. The molecular weight excluding hydrogens is 186 g/mol. The molecule has 0 radical (unpaired) electrons. The molecule has 1 aromatic rings. The average Bonchev–Trinajstić information content (AvgIpc) is 2.43. The molecule has 0 atom stereocenters. The van der Waals surface area contributed by atoms with Crippen LogP contribution in [0, 0.1) is 6.92 Å². The Kier molecular flexibility index (Phi) is 3.14. The Labute approximate surface area is 80.1 Å². The summed E-state index contributed by atoms with van der Waals surface area (Å²) in [6, 6.07) is 1.66. The third-order valence-electron chi connectivity index (χ3n) is 1.45. The molecule has 0 aromatic carbocycles. The van der Waals surface area contributed by atoms with E-state index in [9.17, 15) is 4.79 Å². The van der Waals surface area contributed by atoms with Gasteiger partial charge < -0.3 is 9.15 Å². The molecule has 6 nitrogen and oxygen atoms in total. The molecule has 6 heteroatoms. The van der Waals surface area contributed by atoms with Crippen LogP contribution in [-0.4, -0.2) is 5.97 Å². The molecule has 14 heavy (non-hydrogen) atoms. The van der Waals surface area contributed by atoms with Crippen LogP contribution in [0.25, 0.3) is 10.4 Å². The van der Waals surface area contributed by atoms with Crippen LogP contribution in [0.15, 0.2) is 15.6 Å². The summed E-state index contributed by atoms with van der Waals surface area (Å²) in [7, 11) is 0. The SMILES string of the molecule is CC(=O)Oc1oc(CN=[N+]=[N-])cc1C. The third-order valence-corrected chi connectivity index (χ3v) is 1.45. The topological polar surface area (TPSA) is 88.2 Å². The van der Waals surface area contributed by atoms with E-state index < -0.39 is 5.97 Å². The van der Waals surface area contributed by atoms with Crippen molar-refractivity contribution in [3.8, 4) is 5.95 Å². The lowest BCUT2D eigenvalue weighted by molar-refractivity contribution is -0.133. The summed E-state index contributed by atoms with van der Waals surface area (Å²) in [5, 5.41) is 3.32. The van der Waals surface area contributed by atoms with Gasteiger partial charge in [0.2, 0.25) is 0 Å². The maximum absolute atomic E-state index is 10.6. The Bertz CT molecular complexity index is 391. The number of aryl methyl sites for hydroxylation is 1. The van der Waals surface area contributed by atoms with Gasteiger partial charge in [-0.2, -0.15) is 0 Å². The number of carbonyl (C=O) groups is 1. The van der Waals surface area contributed by atoms with Gasteiger partial charge in [0.25, 0.3) is 5.95 Å². The van der Waals surface area contributed by atoms with E-state index >= 15 is 0 Å². The second-order valence-electron chi connectivity index (χ2n) is 2.67. The number of hydrogen-bond acceptors (Lipinski definition) is 4. The summed E-state index contributed by atoms with van der Waals surface area (Å²) in [6.45, 7) is 3.13. The number of rotatable bonds is 3. The van der Waals surface area contributed by atoms with Gasteiger partial charge in [-0.05, 0) is 18.5 Å². The maximum Gasteiger partial charge on any atom is 0.310 e. The molecule has 1 aromatic heterocycles. The van der Waals surface area contributed by atoms with Crippen molar-refractivity contribution in [2.45, 2.75) is 20.4 Å². The van der Waals surface area contributed by atoms with Gasteiger partial charge in [0, 0.05) is 17.4 Å². The molecular formula is C8H9N3O3. The van der Waals surface area contributed by atoms with Crippen molar-refractivity contribution < 1.29 is 13.9 Å². The second kappa shape index (κ2) is 4.34. The van der Waals surface area contributed by atoms with Crippen LogP contribution < -0.4 is 4.74 Å². The van der Waals surface area contributed by atoms with Gasteiger partial charge in [-0.3, -0.25) is 4.79 Å². The minimum atomic E-state index is -0.446. The highest BCUT2D eigenvalue weighted by Gasteiger charge is 2.09. The molecule has 0 aliphatic heterocycles. The smallest absolute Gasteiger partial charge is 0.310 e. The molecule has 0 aliphatic rings. The Morgan fingerprint density at radius 1 is 1.79 bits per heavy atom. The van der Waals surface area contributed by atoms with E-state index in [1.165, 1.54) is 6.92 Å². The first-order chi connectivity index (χ1) is 6.63. The molecule has 74 valence electrons. The van der Waals surface area contributed by atoms with Crippen LogP contribution in [0.1, 0.15) is 18.2 Å². The van der Waals surface area contributed by atoms with E-state index in [2.05, 4.69) is 10.0 Å². The van der Waals surface area contributed by atoms with E-state index in [0.29, 0.717) is 11.3 Å². The summed E-state index contributed by atoms with van der Waals surface area (Å²) in [6.07, 6.45) is 0. The highest BCUT2D eigenvalue weighted by molar-refractivity contribution is 5.68. The van der Waals surface area contributed by atoms with Gasteiger partial charge in [-0.15, -0.1) is 0 Å². The van der Waals surface area contributed by atoms with Crippen molar-refractivity contribution in [2.75, 3.05) is 0 Å². The maximum atomic E-state index is 10.6. The Balaban J connectivity index is 2.81. The van der Waals surface area contributed by atoms with Crippen molar-refractivity contribution in [2.24, 2.45) is 5.11 Å². The number of carbonyl (C=O) groups excluding carboxylic acids is 1. The molecule has 1 heterocycles. The Morgan fingerprint density at radius 2 is 2.50 bits per heavy atom. The fourth-order valence-electron chi connectivity index (χ4n) is 0.941. The van der Waals surface area contributed by atoms with E-state index in [-0.39, 0.29) is 12.5 Å². The number of ether oxygens (including phenoxy) is 1. The predicted molar refractivity (Wildman–Crippen MR) is 47.6 cm³/mol. The first kappa shape index (κ1) is 10.1. The number of esters is 1. The predicted octanol–water partition coefficient (Wildman–Crippen LogP) is 2.32. The third kappa shape index (κ3) is 2.53. The number of nitrogens with zero attached hydrogens (tertiary/aromatic N) is 3. The van der Waals surface area contributed by atoms with Crippen molar-refractivity contribution >= 4 is 5.97 Å². The molecule has 0 saturated heterocycles. The second-order valence-corrected chi connectivity index (χ2v) is 2.67. The molecule has 0 saturated carbocycles. The van der Waals surface area contributed by atoms with Gasteiger partial charge in [0.1, 0.15) is 5.76 Å². The molecule has 0 spiro atoms. The van der Waals surface area contributed by atoms with Gasteiger partial charge in [-0.1, -0.05) is 5.11 Å².